The minimum atomic E-state index is -0.916. The van der Waals surface area contributed by atoms with Gasteiger partial charge in [-0.1, -0.05) is 12.1 Å². The van der Waals surface area contributed by atoms with Gasteiger partial charge < -0.3 is 9.47 Å². The summed E-state index contributed by atoms with van der Waals surface area (Å²) in [6.07, 6.45) is 1.83. The summed E-state index contributed by atoms with van der Waals surface area (Å²) < 4.78 is 12.4. The summed E-state index contributed by atoms with van der Waals surface area (Å²) in [7, 11) is 3.08. The molecule has 2 heterocycles. The molecule has 0 radical (unpaired) electrons. The highest BCUT2D eigenvalue weighted by atomic mass is 16.6. The van der Waals surface area contributed by atoms with Crippen molar-refractivity contribution in [2.45, 2.75) is 26.4 Å². The molecule has 1 aromatic carbocycles. The zero-order chi connectivity index (χ0) is 23.4. The molecule has 2 aromatic rings. The standard InChI is InChI=1S/C23H24N3O6/c1-14-19(22(27)31-4)21(16-8-7-10-17(12-16)26(29)30)20(15(2)24-14)23(28)32-13-18-9-5-6-11-25(18)3/h5-12,19,21H,13H2,1-4H3/q+1/t19?,21-/m0/s1. The molecule has 3 rings (SSSR count). The lowest BCUT2D eigenvalue weighted by Gasteiger charge is -2.31. The Bertz CT molecular complexity index is 1140. The van der Waals surface area contributed by atoms with Gasteiger partial charge in [-0.2, -0.15) is 0 Å². The smallest absolute Gasteiger partial charge is 0.337 e. The average molecular weight is 438 g/mol. The van der Waals surface area contributed by atoms with Crippen LogP contribution in [-0.4, -0.2) is 29.7 Å². The number of pyridine rings is 1. The Morgan fingerprint density at radius 2 is 1.94 bits per heavy atom. The molecule has 0 saturated heterocycles. The summed E-state index contributed by atoms with van der Waals surface area (Å²) in [6, 6.07) is 11.4. The number of hydrogen-bond donors (Lipinski definition) is 0. The maximum atomic E-state index is 13.2. The predicted octanol–water partition coefficient (Wildman–Crippen LogP) is 2.78. The topological polar surface area (TPSA) is 112 Å². The van der Waals surface area contributed by atoms with E-state index in [1.54, 1.807) is 19.9 Å². The molecule has 2 atom stereocenters. The van der Waals surface area contributed by atoms with Crippen LogP contribution in [0.5, 0.6) is 0 Å². The number of aromatic nitrogens is 1. The number of rotatable bonds is 6. The lowest BCUT2D eigenvalue weighted by molar-refractivity contribution is -0.680. The molecule has 0 spiro atoms. The number of esters is 2. The van der Waals surface area contributed by atoms with Crippen molar-refractivity contribution in [1.29, 1.82) is 0 Å². The summed E-state index contributed by atoms with van der Waals surface area (Å²) in [6.45, 7) is 3.34. The van der Waals surface area contributed by atoms with Crippen molar-refractivity contribution in [2.75, 3.05) is 7.11 Å². The van der Waals surface area contributed by atoms with Crippen LogP contribution in [0.2, 0.25) is 0 Å². The third-order valence-corrected chi connectivity index (χ3v) is 5.46. The first kappa shape index (κ1) is 22.8. The Morgan fingerprint density at radius 3 is 2.59 bits per heavy atom. The van der Waals surface area contributed by atoms with Crippen LogP contribution in [0.4, 0.5) is 5.69 Å². The number of benzene rings is 1. The predicted molar refractivity (Wildman–Crippen MR) is 115 cm³/mol. The molecule has 0 aliphatic carbocycles. The van der Waals surface area contributed by atoms with Gasteiger partial charge in [-0.15, -0.1) is 0 Å². The van der Waals surface area contributed by atoms with Crippen LogP contribution < -0.4 is 4.57 Å². The second-order valence-electron chi connectivity index (χ2n) is 7.46. The van der Waals surface area contributed by atoms with Crippen molar-refractivity contribution >= 4 is 23.3 Å². The van der Waals surface area contributed by atoms with Gasteiger partial charge in [-0.3, -0.25) is 19.9 Å². The van der Waals surface area contributed by atoms with Gasteiger partial charge in [0.1, 0.15) is 13.0 Å². The summed E-state index contributed by atoms with van der Waals surface area (Å²) in [5.41, 5.74) is 2.07. The number of ether oxygens (including phenoxy) is 2. The molecule has 1 aromatic heterocycles. The van der Waals surface area contributed by atoms with Crippen molar-refractivity contribution in [3.63, 3.8) is 0 Å². The molecule has 32 heavy (non-hydrogen) atoms. The molecule has 0 N–H and O–H groups in total. The van der Waals surface area contributed by atoms with E-state index < -0.39 is 28.7 Å². The number of nitro benzene ring substituents is 1. The van der Waals surface area contributed by atoms with Crippen LogP contribution in [0.3, 0.4) is 0 Å². The Hall–Kier alpha value is -3.88. The minimum absolute atomic E-state index is 0.0141. The molecule has 0 bridgehead atoms. The zero-order valence-corrected chi connectivity index (χ0v) is 18.3. The largest absolute Gasteiger partial charge is 0.468 e. The molecule has 166 valence electrons. The lowest BCUT2D eigenvalue weighted by Crippen LogP contribution is -2.37. The minimum Gasteiger partial charge on any atom is -0.468 e. The number of aliphatic imine (C=N–C) groups is 1. The Balaban J connectivity index is 2.05. The van der Waals surface area contributed by atoms with Gasteiger partial charge in [-0.25, -0.2) is 9.36 Å². The van der Waals surface area contributed by atoms with Crippen LogP contribution >= 0.6 is 0 Å². The second kappa shape index (κ2) is 9.51. The number of allylic oxidation sites excluding steroid dienone is 1. The van der Waals surface area contributed by atoms with Crippen LogP contribution in [-0.2, 0) is 32.7 Å². The molecule has 0 amide bonds. The third kappa shape index (κ3) is 4.56. The van der Waals surface area contributed by atoms with Crippen molar-refractivity contribution in [3.05, 3.63) is 81.3 Å². The van der Waals surface area contributed by atoms with Gasteiger partial charge in [0.05, 0.1) is 17.6 Å². The van der Waals surface area contributed by atoms with Gasteiger partial charge in [0.15, 0.2) is 12.8 Å². The molecule has 1 aliphatic rings. The highest BCUT2D eigenvalue weighted by Crippen LogP contribution is 2.41. The molecule has 0 fully saturated rings. The second-order valence-corrected chi connectivity index (χ2v) is 7.46. The first-order valence-electron chi connectivity index (χ1n) is 9.93. The number of non-ortho nitro benzene ring substituents is 1. The van der Waals surface area contributed by atoms with Crippen molar-refractivity contribution in [2.24, 2.45) is 18.0 Å². The Morgan fingerprint density at radius 1 is 1.19 bits per heavy atom. The number of aryl methyl sites for hydroxylation is 1. The van der Waals surface area contributed by atoms with E-state index in [2.05, 4.69) is 4.99 Å². The number of methoxy groups -OCH3 is 1. The van der Waals surface area contributed by atoms with Gasteiger partial charge in [0.2, 0.25) is 5.69 Å². The summed E-state index contributed by atoms with van der Waals surface area (Å²) in [5.74, 6) is -2.99. The van der Waals surface area contributed by atoms with Crippen molar-refractivity contribution < 1.29 is 28.6 Å². The number of hydrogen-bond acceptors (Lipinski definition) is 7. The number of carbonyl (C=O) groups excluding carboxylic acids is 2. The fraction of sp³-hybridized carbons (Fsp3) is 0.304. The van der Waals surface area contributed by atoms with E-state index in [9.17, 15) is 19.7 Å². The van der Waals surface area contributed by atoms with E-state index >= 15 is 0 Å². The molecular formula is C23H24N3O6+. The van der Waals surface area contributed by atoms with E-state index in [1.165, 1.54) is 25.3 Å². The summed E-state index contributed by atoms with van der Waals surface area (Å²) in [5, 5.41) is 11.3. The fourth-order valence-electron chi connectivity index (χ4n) is 3.85. The molecule has 1 unspecified atom stereocenters. The van der Waals surface area contributed by atoms with E-state index in [4.69, 9.17) is 9.47 Å². The van der Waals surface area contributed by atoms with Gasteiger partial charge in [0, 0.05) is 41.6 Å². The highest BCUT2D eigenvalue weighted by molar-refractivity contribution is 6.07. The van der Waals surface area contributed by atoms with E-state index in [0.717, 1.165) is 5.69 Å². The average Bonchev–Trinajstić information content (AvgIpc) is 2.77. The summed E-state index contributed by atoms with van der Waals surface area (Å²) >= 11 is 0. The first-order valence-corrected chi connectivity index (χ1v) is 9.93. The normalized spacial score (nSPS) is 18.1. The highest BCUT2D eigenvalue weighted by Gasteiger charge is 2.42. The van der Waals surface area contributed by atoms with Crippen molar-refractivity contribution in [1.82, 2.24) is 0 Å². The fourth-order valence-corrected chi connectivity index (χ4v) is 3.85. The lowest BCUT2D eigenvalue weighted by atomic mass is 9.75. The molecule has 1 aliphatic heterocycles. The van der Waals surface area contributed by atoms with Gasteiger partial charge in [-0.05, 0) is 25.5 Å². The van der Waals surface area contributed by atoms with Gasteiger partial charge >= 0.3 is 11.9 Å². The number of nitro groups is 1. The molecular weight excluding hydrogens is 414 g/mol. The molecule has 9 heteroatoms. The maximum Gasteiger partial charge on any atom is 0.337 e. The van der Waals surface area contributed by atoms with Gasteiger partial charge in [0.25, 0.3) is 5.69 Å². The van der Waals surface area contributed by atoms with E-state index in [1.807, 2.05) is 36.0 Å². The molecule has 9 nitrogen and oxygen atoms in total. The SMILES string of the molecule is COC(=O)C1C(C)=NC(C)=C(C(=O)OCc2cccc[n+]2C)[C@H]1c1cccc([N+](=O)[O-])c1. The Kier molecular flexibility index (Phi) is 6.77. The number of nitrogens with zero attached hydrogens (tertiary/aromatic N) is 3. The maximum absolute atomic E-state index is 13.2. The first-order chi connectivity index (χ1) is 15.2. The monoisotopic (exact) mass is 438 g/mol. The van der Waals surface area contributed by atoms with E-state index in [0.29, 0.717) is 17.0 Å². The third-order valence-electron chi connectivity index (χ3n) is 5.46. The number of carbonyl (C=O) groups is 2. The summed E-state index contributed by atoms with van der Waals surface area (Å²) in [4.78, 5) is 41.1. The van der Waals surface area contributed by atoms with Crippen LogP contribution in [0.15, 0.2) is 64.9 Å². The van der Waals surface area contributed by atoms with Crippen molar-refractivity contribution in [3.8, 4) is 0 Å². The van der Waals surface area contributed by atoms with E-state index in [-0.39, 0.29) is 17.9 Å². The molecule has 0 saturated carbocycles. The van der Waals surface area contributed by atoms with Crippen LogP contribution in [0, 0.1) is 16.0 Å². The zero-order valence-electron chi connectivity index (χ0n) is 18.3. The Labute approximate surface area is 185 Å². The quantitative estimate of drug-likeness (QED) is 0.297. The van der Waals surface area contributed by atoms with Crippen LogP contribution in [0.1, 0.15) is 31.0 Å². The van der Waals surface area contributed by atoms with Crippen LogP contribution in [0.25, 0.3) is 0 Å².